The van der Waals surface area contributed by atoms with Gasteiger partial charge in [0, 0.05) is 31.4 Å². The van der Waals surface area contributed by atoms with Crippen molar-refractivity contribution >= 4 is 5.69 Å². The molecule has 4 nitrogen and oxygen atoms in total. The average molecular weight is 291 g/mol. The van der Waals surface area contributed by atoms with Crippen molar-refractivity contribution in [1.29, 1.82) is 0 Å². The van der Waals surface area contributed by atoms with Crippen LogP contribution in [0.2, 0.25) is 0 Å². The number of nitrogens with one attached hydrogen (secondary N) is 1. The molecule has 1 aliphatic rings. The van der Waals surface area contributed by atoms with Crippen molar-refractivity contribution in [2.75, 3.05) is 51.8 Å². The number of morpholine rings is 1. The van der Waals surface area contributed by atoms with Crippen LogP contribution < -0.4 is 10.2 Å². The summed E-state index contributed by atoms with van der Waals surface area (Å²) >= 11 is 0. The molecule has 0 aromatic heterocycles. The summed E-state index contributed by atoms with van der Waals surface area (Å²) in [7, 11) is 4.24. The summed E-state index contributed by atoms with van der Waals surface area (Å²) in [5, 5.41) is 3.59. The summed E-state index contributed by atoms with van der Waals surface area (Å²) < 4.78 is 5.39. The number of anilines is 1. The minimum Gasteiger partial charge on any atom is -0.378 e. The Morgan fingerprint density at radius 2 is 1.86 bits per heavy atom. The fourth-order valence-corrected chi connectivity index (χ4v) is 2.49. The van der Waals surface area contributed by atoms with E-state index in [1.165, 1.54) is 17.7 Å². The van der Waals surface area contributed by atoms with E-state index in [0.29, 0.717) is 6.04 Å². The van der Waals surface area contributed by atoms with Gasteiger partial charge >= 0.3 is 0 Å². The lowest BCUT2D eigenvalue weighted by atomic mass is 10.1. The van der Waals surface area contributed by atoms with Gasteiger partial charge in [-0.2, -0.15) is 0 Å². The summed E-state index contributed by atoms with van der Waals surface area (Å²) in [4.78, 5) is 4.62. The van der Waals surface area contributed by atoms with E-state index >= 15 is 0 Å². The summed E-state index contributed by atoms with van der Waals surface area (Å²) in [6.45, 7) is 8.01. The Balaban J connectivity index is 1.76. The number of ether oxygens (including phenoxy) is 1. The first kappa shape index (κ1) is 16.3. The second kappa shape index (κ2) is 8.37. The lowest BCUT2D eigenvalue weighted by molar-refractivity contribution is 0.122. The second-order valence-electron chi connectivity index (χ2n) is 6.14. The largest absolute Gasteiger partial charge is 0.378 e. The first-order chi connectivity index (χ1) is 10.1. The molecule has 2 rings (SSSR count). The predicted molar refractivity (Wildman–Crippen MR) is 88.9 cm³/mol. The van der Waals surface area contributed by atoms with Gasteiger partial charge in [-0.05, 0) is 51.7 Å². The molecule has 1 aromatic carbocycles. The van der Waals surface area contributed by atoms with Crippen molar-refractivity contribution in [1.82, 2.24) is 10.2 Å². The van der Waals surface area contributed by atoms with Crippen LogP contribution in [-0.2, 0) is 11.3 Å². The number of benzene rings is 1. The van der Waals surface area contributed by atoms with E-state index in [9.17, 15) is 0 Å². The Labute approximate surface area is 129 Å². The van der Waals surface area contributed by atoms with Gasteiger partial charge in [-0.25, -0.2) is 0 Å². The molecule has 1 aromatic rings. The molecule has 0 saturated carbocycles. The predicted octanol–water partition coefficient (Wildman–Crippen LogP) is 1.95. The van der Waals surface area contributed by atoms with Gasteiger partial charge in [0.2, 0.25) is 0 Å². The van der Waals surface area contributed by atoms with Crippen LogP contribution in [0.1, 0.15) is 18.9 Å². The number of hydrogen-bond donors (Lipinski definition) is 1. The maximum Gasteiger partial charge on any atom is 0.0642 e. The molecular formula is C17H29N3O. The molecule has 1 aliphatic heterocycles. The monoisotopic (exact) mass is 291 g/mol. The van der Waals surface area contributed by atoms with Crippen LogP contribution in [0, 0.1) is 0 Å². The Morgan fingerprint density at radius 1 is 1.19 bits per heavy atom. The van der Waals surface area contributed by atoms with E-state index in [4.69, 9.17) is 4.74 Å². The Hall–Kier alpha value is -1.10. The number of hydrogen-bond acceptors (Lipinski definition) is 4. The first-order valence-corrected chi connectivity index (χ1v) is 7.95. The van der Waals surface area contributed by atoms with E-state index in [0.717, 1.165) is 39.4 Å². The van der Waals surface area contributed by atoms with Crippen LogP contribution in [0.15, 0.2) is 24.3 Å². The summed E-state index contributed by atoms with van der Waals surface area (Å²) in [5.41, 5.74) is 2.66. The molecule has 1 unspecified atom stereocenters. The molecule has 118 valence electrons. The highest BCUT2D eigenvalue weighted by Crippen LogP contribution is 2.16. The zero-order valence-corrected chi connectivity index (χ0v) is 13.6. The van der Waals surface area contributed by atoms with Gasteiger partial charge in [-0.15, -0.1) is 0 Å². The fourth-order valence-electron chi connectivity index (χ4n) is 2.49. The lowest BCUT2D eigenvalue weighted by Crippen LogP contribution is -2.36. The van der Waals surface area contributed by atoms with Gasteiger partial charge in [0.25, 0.3) is 0 Å². The molecule has 0 amide bonds. The van der Waals surface area contributed by atoms with Crippen molar-refractivity contribution in [3.05, 3.63) is 29.8 Å². The topological polar surface area (TPSA) is 27.7 Å². The molecule has 21 heavy (non-hydrogen) atoms. The lowest BCUT2D eigenvalue weighted by Gasteiger charge is -2.29. The molecule has 0 bridgehead atoms. The quantitative estimate of drug-likeness (QED) is 0.831. The highest BCUT2D eigenvalue weighted by Gasteiger charge is 2.10. The van der Waals surface area contributed by atoms with Crippen LogP contribution in [-0.4, -0.2) is 57.9 Å². The van der Waals surface area contributed by atoms with Gasteiger partial charge in [0.1, 0.15) is 0 Å². The minimum absolute atomic E-state index is 0.548. The SMILES string of the molecule is CC(CCN(C)C)NCc1ccc(N2CCOCC2)cc1. The maximum absolute atomic E-state index is 5.39. The molecule has 0 radical (unpaired) electrons. The summed E-state index contributed by atoms with van der Waals surface area (Å²) in [6, 6.07) is 9.47. The molecule has 1 fully saturated rings. The first-order valence-electron chi connectivity index (χ1n) is 7.95. The molecule has 0 aliphatic carbocycles. The van der Waals surface area contributed by atoms with Crippen molar-refractivity contribution in [2.45, 2.75) is 25.9 Å². The fraction of sp³-hybridized carbons (Fsp3) is 0.647. The maximum atomic E-state index is 5.39. The molecular weight excluding hydrogens is 262 g/mol. The van der Waals surface area contributed by atoms with Crippen molar-refractivity contribution < 1.29 is 4.74 Å². The number of nitrogens with zero attached hydrogens (tertiary/aromatic N) is 2. The van der Waals surface area contributed by atoms with Gasteiger partial charge in [0.15, 0.2) is 0 Å². The molecule has 1 atom stereocenters. The van der Waals surface area contributed by atoms with Crippen LogP contribution in [0.5, 0.6) is 0 Å². The van der Waals surface area contributed by atoms with E-state index < -0.39 is 0 Å². The van der Waals surface area contributed by atoms with Crippen LogP contribution in [0.25, 0.3) is 0 Å². The second-order valence-corrected chi connectivity index (χ2v) is 6.14. The van der Waals surface area contributed by atoms with E-state index in [1.807, 2.05) is 0 Å². The molecule has 0 spiro atoms. The Morgan fingerprint density at radius 3 is 2.48 bits per heavy atom. The van der Waals surface area contributed by atoms with E-state index in [1.54, 1.807) is 0 Å². The Bertz CT molecular complexity index is 399. The third-order valence-corrected chi connectivity index (χ3v) is 3.98. The van der Waals surface area contributed by atoms with Crippen LogP contribution in [0.3, 0.4) is 0 Å². The average Bonchev–Trinajstić information content (AvgIpc) is 2.52. The van der Waals surface area contributed by atoms with Crippen molar-refractivity contribution in [3.63, 3.8) is 0 Å². The molecule has 1 N–H and O–H groups in total. The van der Waals surface area contributed by atoms with E-state index in [2.05, 4.69) is 60.4 Å². The van der Waals surface area contributed by atoms with Crippen LogP contribution in [0.4, 0.5) is 5.69 Å². The summed E-state index contributed by atoms with van der Waals surface area (Å²) in [6.07, 6.45) is 1.18. The number of rotatable bonds is 7. The third-order valence-electron chi connectivity index (χ3n) is 3.98. The van der Waals surface area contributed by atoms with Crippen molar-refractivity contribution in [2.24, 2.45) is 0 Å². The molecule has 1 saturated heterocycles. The van der Waals surface area contributed by atoms with Crippen LogP contribution >= 0.6 is 0 Å². The Kier molecular flexibility index (Phi) is 6.49. The zero-order valence-electron chi connectivity index (χ0n) is 13.6. The molecule has 4 heteroatoms. The highest BCUT2D eigenvalue weighted by atomic mass is 16.5. The smallest absolute Gasteiger partial charge is 0.0642 e. The zero-order chi connectivity index (χ0) is 15.1. The standard InChI is InChI=1S/C17H29N3O/c1-15(8-9-19(2)3)18-14-16-4-6-17(7-5-16)20-10-12-21-13-11-20/h4-7,15,18H,8-14H2,1-3H3. The molecule has 1 heterocycles. The van der Waals surface area contributed by atoms with Gasteiger partial charge in [-0.3, -0.25) is 0 Å². The third kappa shape index (κ3) is 5.65. The van der Waals surface area contributed by atoms with Gasteiger partial charge in [0.05, 0.1) is 13.2 Å². The minimum atomic E-state index is 0.548. The van der Waals surface area contributed by atoms with Crippen molar-refractivity contribution in [3.8, 4) is 0 Å². The highest BCUT2D eigenvalue weighted by molar-refractivity contribution is 5.47. The van der Waals surface area contributed by atoms with Gasteiger partial charge < -0.3 is 19.9 Å². The normalized spacial score (nSPS) is 17.2. The van der Waals surface area contributed by atoms with Gasteiger partial charge in [-0.1, -0.05) is 12.1 Å². The van der Waals surface area contributed by atoms with E-state index in [-0.39, 0.29) is 0 Å². The summed E-state index contributed by atoms with van der Waals surface area (Å²) in [5.74, 6) is 0.